The third-order valence-corrected chi connectivity index (χ3v) is 3.54. The van der Waals surface area contributed by atoms with Gasteiger partial charge < -0.3 is 19.5 Å². The second-order valence-corrected chi connectivity index (χ2v) is 4.99. The lowest BCUT2D eigenvalue weighted by molar-refractivity contribution is -0.384. The number of nitrogens with zero attached hydrogens (tertiary/aromatic N) is 2. The van der Waals surface area contributed by atoms with E-state index >= 15 is 0 Å². The van der Waals surface area contributed by atoms with Crippen LogP contribution in [0.3, 0.4) is 0 Å². The summed E-state index contributed by atoms with van der Waals surface area (Å²) in [5.41, 5.74) is 1.40. The number of benzene rings is 2. The zero-order chi connectivity index (χ0) is 18.4. The van der Waals surface area contributed by atoms with Crippen LogP contribution in [0.2, 0.25) is 0 Å². The number of nitro benzene ring substituents is 1. The van der Waals surface area contributed by atoms with Crippen LogP contribution in [0, 0.1) is 21.4 Å². The minimum Gasteiger partial charge on any atom is -0.493 e. The number of nitro groups is 1. The SMILES string of the molecule is COc1cc(CNc2ccc([N+](=O)[O-])cc2C#N)cc(OC)c1OC. The van der Waals surface area contributed by atoms with Crippen molar-refractivity contribution in [2.75, 3.05) is 26.6 Å². The number of rotatable bonds is 7. The van der Waals surface area contributed by atoms with E-state index in [0.29, 0.717) is 29.5 Å². The van der Waals surface area contributed by atoms with Crippen molar-refractivity contribution in [2.45, 2.75) is 6.54 Å². The topological polar surface area (TPSA) is 107 Å². The van der Waals surface area contributed by atoms with Crippen LogP contribution in [0.4, 0.5) is 11.4 Å². The summed E-state index contributed by atoms with van der Waals surface area (Å²) in [5.74, 6) is 1.52. The van der Waals surface area contributed by atoms with Gasteiger partial charge in [-0.15, -0.1) is 0 Å². The smallest absolute Gasteiger partial charge is 0.270 e. The van der Waals surface area contributed by atoms with E-state index in [-0.39, 0.29) is 11.3 Å². The molecule has 0 unspecified atom stereocenters. The molecule has 0 aliphatic carbocycles. The Morgan fingerprint density at radius 3 is 2.24 bits per heavy atom. The lowest BCUT2D eigenvalue weighted by atomic mass is 10.1. The van der Waals surface area contributed by atoms with E-state index < -0.39 is 4.92 Å². The Hall–Kier alpha value is -3.47. The Balaban J connectivity index is 2.27. The summed E-state index contributed by atoms with van der Waals surface area (Å²) in [5, 5.41) is 23.1. The molecule has 0 atom stereocenters. The molecule has 0 amide bonds. The molecule has 1 N–H and O–H groups in total. The van der Waals surface area contributed by atoms with Crippen molar-refractivity contribution < 1.29 is 19.1 Å². The van der Waals surface area contributed by atoms with Gasteiger partial charge in [-0.05, 0) is 23.8 Å². The van der Waals surface area contributed by atoms with E-state index in [1.165, 1.54) is 39.5 Å². The van der Waals surface area contributed by atoms with Crippen LogP contribution in [0.25, 0.3) is 0 Å². The third kappa shape index (κ3) is 3.90. The standard InChI is InChI=1S/C17H17N3O5/c1-23-15-6-11(7-16(24-2)17(15)25-3)10-19-14-5-4-13(20(21)22)8-12(14)9-18/h4-8,19H,10H2,1-3H3. The monoisotopic (exact) mass is 343 g/mol. The quantitative estimate of drug-likeness (QED) is 0.608. The third-order valence-electron chi connectivity index (χ3n) is 3.54. The lowest BCUT2D eigenvalue weighted by Crippen LogP contribution is -2.04. The Labute approximate surface area is 144 Å². The minimum atomic E-state index is -0.538. The van der Waals surface area contributed by atoms with E-state index in [0.717, 1.165) is 5.56 Å². The molecule has 8 heteroatoms. The van der Waals surface area contributed by atoms with Crippen molar-refractivity contribution in [2.24, 2.45) is 0 Å². The van der Waals surface area contributed by atoms with Crippen LogP contribution >= 0.6 is 0 Å². The van der Waals surface area contributed by atoms with Gasteiger partial charge >= 0.3 is 0 Å². The van der Waals surface area contributed by atoms with E-state index in [2.05, 4.69) is 5.32 Å². The molecule has 0 saturated carbocycles. The van der Waals surface area contributed by atoms with Crippen LogP contribution in [-0.2, 0) is 6.54 Å². The normalized spacial score (nSPS) is 9.84. The van der Waals surface area contributed by atoms with Crippen molar-refractivity contribution in [3.05, 3.63) is 51.6 Å². The maximum absolute atomic E-state index is 10.8. The van der Waals surface area contributed by atoms with Gasteiger partial charge in [0.25, 0.3) is 5.69 Å². The highest BCUT2D eigenvalue weighted by Crippen LogP contribution is 2.38. The molecule has 0 saturated heterocycles. The average Bonchev–Trinajstić information content (AvgIpc) is 2.64. The Morgan fingerprint density at radius 1 is 1.12 bits per heavy atom. The minimum absolute atomic E-state index is 0.130. The second kappa shape index (κ2) is 7.88. The summed E-state index contributed by atoms with van der Waals surface area (Å²) < 4.78 is 15.9. The maximum Gasteiger partial charge on any atom is 0.270 e. The van der Waals surface area contributed by atoms with Gasteiger partial charge in [-0.25, -0.2) is 0 Å². The van der Waals surface area contributed by atoms with Crippen molar-refractivity contribution in [3.63, 3.8) is 0 Å². The van der Waals surface area contributed by atoms with Gasteiger partial charge in [-0.1, -0.05) is 0 Å². The fraction of sp³-hybridized carbons (Fsp3) is 0.235. The number of methoxy groups -OCH3 is 3. The molecule has 0 radical (unpaired) electrons. The van der Waals surface area contributed by atoms with Crippen LogP contribution < -0.4 is 19.5 Å². The number of non-ortho nitro benzene ring substituents is 1. The van der Waals surface area contributed by atoms with Crippen molar-refractivity contribution in [3.8, 4) is 23.3 Å². The van der Waals surface area contributed by atoms with Crippen LogP contribution in [0.1, 0.15) is 11.1 Å². The van der Waals surface area contributed by atoms with Crippen LogP contribution in [-0.4, -0.2) is 26.3 Å². The number of hydrogen-bond acceptors (Lipinski definition) is 7. The summed E-state index contributed by atoms with van der Waals surface area (Å²) in [6.45, 7) is 0.364. The molecule has 0 aromatic heterocycles. The van der Waals surface area contributed by atoms with E-state index in [1.54, 1.807) is 12.1 Å². The molecule has 25 heavy (non-hydrogen) atoms. The molecule has 0 heterocycles. The summed E-state index contributed by atoms with van der Waals surface area (Å²) in [4.78, 5) is 10.3. The predicted octanol–water partition coefficient (Wildman–Crippen LogP) is 3.10. The molecule has 0 aliphatic rings. The molecule has 8 nitrogen and oxygen atoms in total. The van der Waals surface area contributed by atoms with Gasteiger partial charge in [-0.2, -0.15) is 5.26 Å². The Morgan fingerprint density at radius 2 is 1.76 bits per heavy atom. The van der Waals surface area contributed by atoms with Crippen molar-refractivity contribution in [1.29, 1.82) is 5.26 Å². The lowest BCUT2D eigenvalue weighted by Gasteiger charge is -2.15. The molecule has 2 aromatic rings. The van der Waals surface area contributed by atoms with Crippen LogP contribution in [0.15, 0.2) is 30.3 Å². The largest absolute Gasteiger partial charge is 0.493 e. The number of ether oxygens (including phenoxy) is 3. The number of nitrogens with one attached hydrogen (secondary N) is 1. The molecule has 130 valence electrons. The van der Waals surface area contributed by atoms with E-state index in [9.17, 15) is 15.4 Å². The Kier molecular flexibility index (Phi) is 5.63. The van der Waals surface area contributed by atoms with E-state index in [4.69, 9.17) is 14.2 Å². The number of anilines is 1. The first-order valence-electron chi connectivity index (χ1n) is 7.25. The average molecular weight is 343 g/mol. The number of hydrogen-bond donors (Lipinski definition) is 1. The molecule has 0 fully saturated rings. The molecule has 0 bridgehead atoms. The first kappa shape index (κ1) is 17.9. The fourth-order valence-electron chi connectivity index (χ4n) is 2.33. The molecular formula is C17H17N3O5. The highest BCUT2D eigenvalue weighted by Gasteiger charge is 2.14. The first-order chi connectivity index (χ1) is 12.0. The van der Waals surface area contributed by atoms with Gasteiger partial charge in [0.2, 0.25) is 5.75 Å². The van der Waals surface area contributed by atoms with E-state index in [1.807, 2.05) is 6.07 Å². The highest BCUT2D eigenvalue weighted by molar-refractivity contribution is 5.62. The summed E-state index contributed by atoms with van der Waals surface area (Å²) in [7, 11) is 4.57. The number of nitriles is 1. The summed E-state index contributed by atoms with van der Waals surface area (Å²) >= 11 is 0. The summed E-state index contributed by atoms with van der Waals surface area (Å²) in [6, 6.07) is 9.61. The van der Waals surface area contributed by atoms with Gasteiger partial charge in [0.05, 0.1) is 37.5 Å². The predicted molar refractivity (Wildman–Crippen MR) is 91.2 cm³/mol. The van der Waals surface area contributed by atoms with Gasteiger partial charge in [0.15, 0.2) is 11.5 Å². The van der Waals surface area contributed by atoms with Crippen molar-refractivity contribution >= 4 is 11.4 Å². The summed E-state index contributed by atoms with van der Waals surface area (Å²) in [6.07, 6.45) is 0. The highest BCUT2D eigenvalue weighted by atomic mass is 16.6. The molecular weight excluding hydrogens is 326 g/mol. The fourth-order valence-corrected chi connectivity index (χ4v) is 2.33. The molecule has 2 rings (SSSR count). The van der Waals surface area contributed by atoms with Crippen molar-refractivity contribution in [1.82, 2.24) is 0 Å². The second-order valence-electron chi connectivity index (χ2n) is 4.99. The molecule has 0 spiro atoms. The molecule has 2 aromatic carbocycles. The maximum atomic E-state index is 10.8. The first-order valence-corrected chi connectivity index (χ1v) is 7.25. The zero-order valence-electron chi connectivity index (χ0n) is 14.0. The van der Waals surface area contributed by atoms with Crippen LogP contribution in [0.5, 0.6) is 17.2 Å². The zero-order valence-corrected chi connectivity index (χ0v) is 14.0. The van der Waals surface area contributed by atoms with Gasteiger partial charge in [0.1, 0.15) is 6.07 Å². The van der Waals surface area contributed by atoms with Gasteiger partial charge in [-0.3, -0.25) is 10.1 Å². The Bertz CT molecular complexity index is 805. The van der Waals surface area contributed by atoms with Gasteiger partial charge in [0, 0.05) is 18.7 Å². The molecule has 0 aliphatic heterocycles.